The lowest BCUT2D eigenvalue weighted by Gasteiger charge is -2.10. The first-order chi connectivity index (χ1) is 10.4. The van der Waals surface area contributed by atoms with Crippen LogP contribution >= 0.6 is 0 Å². The fraction of sp³-hybridized carbons (Fsp3) is 0.118. The van der Waals surface area contributed by atoms with Gasteiger partial charge in [-0.1, -0.05) is 18.2 Å². The number of aromatic nitrogens is 1. The summed E-state index contributed by atoms with van der Waals surface area (Å²) in [4.78, 5) is 4.55. The van der Waals surface area contributed by atoms with Crippen LogP contribution in [0.1, 0.15) is 5.56 Å². The Kier molecular flexibility index (Phi) is 3.48. The van der Waals surface area contributed by atoms with Gasteiger partial charge in [0.15, 0.2) is 0 Å². The summed E-state index contributed by atoms with van der Waals surface area (Å²) in [6, 6.07) is 15.4. The van der Waals surface area contributed by atoms with Crippen molar-refractivity contribution < 1.29 is 17.9 Å². The van der Waals surface area contributed by atoms with Crippen LogP contribution in [0, 0.1) is 6.92 Å². The van der Waals surface area contributed by atoms with Gasteiger partial charge in [0.25, 0.3) is 0 Å². The van der Waals surface area contributed by atoms with Crippen LogP contribution in [0.5, 0.6) is 5.75 Å². The number of aryl methyl sites for hydroxylation is 1. The number of nitrogens with zero attached hydrogens (tertiary/aromatic N) is 1. The van der Waals surface area contributed by atoms with Gasteiger partial charge in [-0.2, -0.15) is 0 Å². The van der Waals surface area contributed by atoms with Gasteiger partial charge in [-0.3, -0.25) is 0 Å². The molecule has 0 spiro atoms. The van der Waals surface area contributed by atoms with Crippen LogP contribution in [-0.4, -0.2) is 11.3 Å². The minimum Gasteiger partial charge on any atom is -0.406 e. The molecule has 1 heterocycles. The van der Waals surface area contributed by atoms with Crippen LogP contribution in [0.3, 0.4) is 0 Å². The molecule has 0 bridgehead atoms. The summed E-state index contributed by atoms with van der Waals surface area (Å²) in [6.45, 7) is 1.98. The first-order valence-electron chi connectivity index (χ1n) is 6.65. The molecule has 3 rings (SSSR count). The van der Waals surface area contributed by atoms with Crippen molar-refractivity contribution in [3.8, 4) is 17.0 Å². The van der Waals surface area contributed by atoms with E-state index in [1.54, 1.807) is 12.1 Å². The molecule has 2 nitrogen and oxygen atoms in total. The van der Waals surface area contributed by atoms with Gasteiger partial charge in [-0.05, 0) is 48.9 Å². The van der Waals surface area contributed by atoms with Crippen molar-refractivity contribution in [2.45, 2.75) is 13.3 Å². The van der Waals surface area contributed by atoms with E-state index in [1.807, 2.05) is 37.3 Å². The number of para-hydroxylation sites is 1. The molecule has 0 radical (unpaired) electrons. The molecule has 0 unspecified atom stereocenters. The second-order valence-electron chi connectivity index (χ2n) is 4.91. The molecule has 0 saturated heterocycles. The monoisotopic (exact) mass is 303 g/mol. The van der Waals surface area contributed by atoms with Crippen molar-refractivity contribution in [2.24, 2.45) is 0 Å². The number of hydrogen-bond donors (Lipinski definition) is 0. The maximum absolute atomic E-state index is 12.2. The average molecular weight is 303 g/mol. The lowest BCUT2D eigenvalue weighted by molar-refractivity contribution is -0.274. The topological polar surface area (TPSA) is 22.1 Å². The Morgan fingerprint density at radius 3 is 2.32 bits per heavy atom. The Bertz CT molecular complexity index is 810. The van der Waals surface area contributed by atoms with Crippen LogP contribution in [0.2, 0.25) is 0 Å². The van der Waals surface area contributed by atoms with E-state index < -0.39 is 6.36 Å². The highest BCUT2D eigenvalue weighted by molar-refractivity contribution is 5.84. The van der Waals surface area contributed by atoms with E-state index in [0.29, 0.717) is 0 Å². The van der Waals surface area contributed by atoms with E-state index in [9.17, 15) is 13.2 Å². The quantitative estimate of drug-likeness (QED) is 0.656. The smallest absolute Gasteiger partial charge is 0.406 e. The Morgan fingerprint density at radius 1 is 0.955 bits per heavy atom. The van der Waals surface area contributed by atoms with Crippen molar-refractivity contribution >= 4 is 10.9 Å². The maximum atomic E-state index is 12.2. The highest BCUT2D eigenvalue weighted by atomic mass is 19.4. The third kappa shape index (κ3) is 3.03. The fourth-order valence-electron chi connectivity index (χ4n) is 2.32. The second kappa shape index (κ2) is 5.33. The summed E-state index contributed by atoms with van der Waals surface area (Å²) >= 11 is 0. The molecule has 3 aromatic rings. The molecule has 1 aromatic heterocycles. The lowest BCUT2D eigenvalue weighted by Crippen LogP contribution is -2.16. The standard InChI is InChI=1S/C17H12F3NO/c1-11-10-16(21-15-5-3-2-4-14(11)15)12-6-8-13(9-7-12)22-17(18,19)20/h2-10H,1H3. The Morgan fingerprint density at radius 2 is 1.64 bits per heavy atom. The van der Waals surface area contributed by atoms with Gasteiger partial charge in [0, 0.05) is 10.9 Å². The molecular formula is C17H12F3NO. The molecule has 5 heteroatoms. The van der Waals surface area contributed by atoms with E-state index in [0.717, 1.165) is 27.7 Å². The zero-order valence-corrected chi connectivity index (χ0v) is 11.7. The molecule has 0 amide bonds. The summed E-state index contributed by atoms with van der Waals surface area (Å²) in [5, 5.41) is 1.06. The van der Waals surface area contributed by atoms with Crippen LogP contribution < -0.4 is 4.74 Å². The molecule has 22 heavy (non-hydrogen) atoms. The summed E-state index contributed by atoms with van der Waals surface area (Å²) < 4.78 is 40.3. The van der Waals surface area contributed by atoms with Crippen molar-refractivity contribution in [1.29, 1.82) is 0 Å². The number of hydrogen-bond acceptors (Lipinski definition) is 2. The number of alkyl halides is 3. The maximum Gasteiger partial charge on any atom is 0.573 e. The molecular weight excluding hydrogens is 291 g/mol. The van der Waals surface area contributed by atoms with Crippen LogP contribution in [-0.2, 0) is 0 Å². The van der Waals surface area contributed by atoms with Gasteiger partial charge in [-0.25, -0.2) is 4.98 Å². The molecule has 0 saturated carbocycles. The van der Waals surface area contributed by atoms with Gasteiger partial charge in [0.05, 0.1) is 11.2 Å². The van der Waals surface area contributed by atoms with Gasteiger partial charge in [0.1, 0.15) is 5.75 Å². The van der Waals surface area contributed by atoms with Gasteiger partial charge in [-0.15, -0.1) is 13.2 Å². The second-order valence-corrected chi connectivity index (χ2v) is 4.91. The molecule has 0 fully saturated rings. The minimum absolute atomic E-state index is 0.242. The number of rotatable bonds is 2. The average Bonchev–Trinajstić information content (AvgIpc) is 2.46. The highest BCUT2D eigenvalue weighted by Gasteiger charge is 2.30. The molecule has 112 valence electrons. The number of fused-ring (bicyclic) bond motifs is 1. The third-order valence-corrected chi connectivity index (χ3v) is 3.31. The van der Waals surface area contributed by atoms with Crippen LogP contribution in [0.4, 0.5) is 13.2 Å². The molecule has 0 aliphatic carbocycles. The number of halogens is 3. The van der Waals surface area contributed by atoms with Crippen molar-refractivity contribution in [1.82, 2.24) is 4.98 Å². The van der Waals surface area contributed by atoms with Crippen LogP contribution in [0.25, 0.3) is 22.2 Å². The lowest BCUT2D eigenvalue weighted by atomic mass is 10.1. The van der Waals surface area contributed by atoms with Crippen molar-refractivity contribution in [3.05, 3.63) is 60.2 Å². The zero-order valence-electron chi connectivity index (χ0n) is 11.7. The molecule has 0 N–H and O–H groups in total. The van der Waals surface area contributed by atoms with Gasteiger partial charge >= 0.3 is 6.36 Å². The largest absolute Gasteiger partial charge is 0.573 e. The first kappa shape index (κ1) is 14.4. The molecule has 0 aliphatic heterocycles. The molecule has 0 atom stereocenters. The highest BCUT2D eigenvalue weighted by Crippen LogP contribution is 2.28. The SMILES string of the molecule is Cc1cc(-c2ccc(OC(F)(F)F)cc2)nc2ccccc12. The third-order valence-electron chi connectivity index (χ3n) is 3.31. The van der Waals surface area contributed by atoms with Crippen molar-refractivity contribution in [3.63, 3.8) is 0 Å². The number of pyridine rings is 1. The summed E-state index contributed by atoms with van der Waals surface area (Å²) in [6.07, 6.45) is -4.68. The predicted molar refractivity (Wildman–Crippen MR) is 78.6 cm³/mol. The Balaban J connectivity index is 1.97. The van der Waals surface area contributed by atoms with Gasteiger partial charge < -0.3 is 4.74 Å². The van der Waals surface area contributed by atoms with E-state index in [-0.39, 0.29) is 5.75 Å². The summed E-state index contributed by atoms with van der Waals surface area (Å²) in [5.74, 6) is -0.242. The minimum atomic E-state index is -4.68. The Labute approximate surface area is 125 Å². The van der Waals surface area contributed by atoms with Crippen LogP contribution in [0.15, 0.2) is 54.6 Å². The normalized spacial score (nSPS) is 11.6. The summed E-state index contributed by atoms with van der Waals surface area (Å²) in [7, 11) is 0. The molecule has 0 aliphatic rings. The number of ether oxygens (including phenoxy) is 1. The van der Waals surface area contributed by atoms with E-state index in [2.05, 4.69) is 9.72 Å². The number of benzene rings is 2. The fourth-order valence-corrected chi connectivity index (χ4v) is 2.32. The van der Waals surface area contributed by atoms with Crippen molar-refractivity contribution in [2.75, 3.05) is 0 Å². The van der Waals surface area contributed by atoms with Gasteiger partial charge in [0.2, 0.25) is 0 Å². The van der Waals surface area contributed by atoms with E-state index in [4.69, 9.17) is 0 Å². The molecule has 2 aromatic carbocycles. The first-order valence-corrected chi connectivity index (χ1v) is 6.65. The predicted octanol–water partition coefficient (Wildman–Crippen LogP) is 5.11. The zero-order chi connectivity index (χ0) is 15.7. The van der Waals surface area contributed by atoms with E-state index in [1.165, 1.54) is 12.1 Å². The van der Waals surface area contributed by atoms with E-state index >= 15 is 0 Å². The Hall–Kier alpha value is -2.56. The summed E-state index contributed by atoms with van der Waals surface area (Å²) in [5.41, 5.74) is 3.38.